The third kappa shape index (κ3) is 5.19. The number of imidazole rings is 1. The summed E-state index contributed by atoms with van der Waals surface area (Å²) in [4.78, 5) is 17.7. The van der Waals surface area contributed by atoms with Gasteiger partial charge in [-0.2, -0.15) is 9.49 Å². The van der Waals surface area contributed by atoms with E-state index in [0.29, 0.717) is 23.1 Å². The molecule has 0 spiro atoms. The normalized spacial score (nSPS) is 12.6. The summed E-state index contributed by atoms with van der Waals surface area (Å²) in [7, 11) is 0. The van der Waals surface area contributed by atoms with Crippen LogP contribution in [0.4, 0.5) is 10.1 Å². The van der Waals surface area contributed by atoms with Crippen LogP contribution in [0.25, 0.3) is 50.8 Å². The van der Waals surface area contributed by atoms with Gasteiger partial charge in [0, 0.05) is 39.3 Å². The number of pyridine rings is 2. The minimum absolute atomic E-state index is 0.242. The molecule has 3 N–H and O–H groups in total. The maximum atomic E-state index is 13.7. The Morgan fingerprint density at radius 2 is 2.05 bits per heavy atom. The second kappa shape index (κ2) is 10.5. The number of allylic oxidation sites excluding steroid dienone is 2. The largest absolute Gasteiger partial charge is 0.358 e. The lowest BCUT2D eigenvalue weighted by Gasteiger charge is -2.12. The number of anilines is 1. The molecule has 0 aliphatic carbocycles. The molecule has 9 heteroatoms. The number of halogens is 1. The highest BCUT2D eigenvalue weighted by Gasteiger charge is 2.16. The second-order valence-corrected chi connectivity index (χ2v) is 10.4. The Balaban J connectivity index is 1.53. The molecule has 0 atom stereocenters. The molecule has 38 heavy (non-hydrogen) atoms. The highest BCUT2D eigenvalue weighted by Crippen LogP contribution is 2.32. The Bertz CT molecular complexity index is 1770. The molecule has 0 radical (unpaired) electrons. The van der Waals surface area contributed by atoms with Gasteiger partial charge in [0.15, 0.2) is 16.6 Å². The summed E-state index contributed by atoms with van der Waals surface area (Å²) in [5.41, 5.74) is 6.17. The van der Waals surface area contributed by atoms with E-state index in [2.05, 4.69) is 57.5 Å². The van der Waals surface area contributed by atoms with E-state index >= 15 is 0 Å². The van der Waals surface area contributed by atoms with Crippen molar-refractivity contribution in [2.75, 3.05) is 5.32 Å². The molecule has 0 aromatic carbocycles. The monoisotopic (exact) mass is 525 g/mol. The van der Waals surface area contributed by atoms with Crippen LogP contribution in [0.1, 0.15) is 32.8 Å². The van der Waals surface area contributed by atoms with Crippen LogP contribution in [-0.4, -0.2) is 30.1 Å². The molecule has 0 bridgehead atoms. The first-order valence-electron chi connectivity index (χ1n) is 12.2. The van der Waals surface area contributed by atoms with Crippen LogP contribution >= 0.6 is 11.3 Å². The number of fused-ring (bicyclic) bond motifs is 1. The summed E-state index contributed by atoms with van der Waals surface area (Å²) in [5, 5.41) is 12.4. The number of aromatic nitrogens is 6. The predicted molar refractivity (Wildman–Crippen MR) is 154 cm³/mol. The van der Waals surface area contributed by atoms with Crippen molar-refractivity contribution >= 4 is 45.9 Å². The van der Waals surface area contributed by atoms with Crippen molar-refractivity contribution in [2.24, 2.45) is 5.92 Å². The molecule has 0 unspecified atom stereocenters. The van der Waals surface area contributed by atoms with Gasteiger partial charge < -0.3 is 10.3 Å². The third-order valence-electron chi connectivity index (χ3n) is 5.98. The highest BCUT2D eigenvalue weighted by molar-refractivity contribution is 7.14. The van der Waals surface area contributed by atoms with E-state index in [9.17, 15) is 4.39 Å². The number of nitrogens with one attached hydrogen (secondary N) is 3. The van der Waals surface area contributed by atoms with Crippen molar-refractivity contribution in [1.29, 1.82) is 0 Å². The van der Waals surface area contributed by atoms with E-state index in [1.165, 1.54) is 6.07 Å². The SMILES string of the molecule is C=C(CC(C)C)Nc1cncc(C(=C)/C=c2/c(-c3nc4nccc(-c5ccc(F)s5)c4[nH]3)n[nH]/c2=C/C)c1. The molecule has 192 valence electrons. The zero-order valence-electron chi connectivity index (χ0n) is 21.5. The minimum Gasteiger partial charge on any atom is -0.358 e. The van der Waals surface area contributed by atoms with E-state index in [1.807, 2.05) is 31.2 Å². The molecule has 0 fully saturated rings. The van der Waals surface area contributed by atoms with Gasteiger partial charge in [0.2, 0.25) is 0 Å². The molecule has 7 nitrogen and oxygen atoms in total. The fourth-order valence-corrected chi connectivity index (χ4v) is 5.05. The number of aromatic amines is 2. The van der Waals surface area contributed by atoms with Crippen LogP contribution in [0.2, 0.25) is 0 Å². The lowest BCUT2D eigenvalue weighted by Crippen LogP contribution is -2.23. The molecule has 5 aromatic rings. The topological polar surface area (TPSA) is 95.2 Å². The summed E-state index contributed by atoms with van der Waals surface area (Å²) in [6.45, 7) is 14.7. The van der Waals surface area contributed by atoms with E-state index in [-0.39, 0.29) is 5.13 Å². The molecule has 0 saturated carbocycles. The van der Waals surface area contributed by atoms with Crippen molar-refractivity contribution in [3.05, 3.63) is 83.0 Å². The van der Waals surface area contributed by atoms with Crippen LogP contribution in [0, 0.1) is 11.0 Å². The third-order valence-corrected chi connectivity index (χ3v) is 6.89. The lowest BCUT2D eigenvalue weighted by molar-refractivity contribution is 0.645. The zero-order chi connectivity index (χ0) is 26.8. The van der Waals surface area contributed by atoms with Gasteiger partial charge in [-0.15, -0.1) is 11.3 Å². The molecule has 0 aliphatic rings. The van der Waals surface area contributed by atoms with Gasteiger partial charge in [0.05, 0.1) is 22.8 Å². The number of H-pyrrole nitrogens is 2. The summed E-state index contributed by atoms with van der Waals surface area (Å²) in [6, 6.07) is 7.07. The number of rotatable bonds is 8. The average molecular weight is 526 g/mol. The van der Waals surface area contributed by atoms with Gasteiger partial charge in [0.25, 0.3) is 0 Å². The van der Waals surface area contributed by atoms with E-state index < -0.39 is 0 Å². The van der Waals surface area contributed by atoms with Gasteiger partial charge in [0.1, 0.15) is 5.69 Å². The summed E-state index contributed by atoms with van der Waals surface area (Å²) in [5.74, 6) is 1.06. The molecule has 0 aliphatic heterocycles. The van der Waals surface area contributed by atoms with E-state index in [0.717, 1.165) is 66.8 Å². The van der Waals surface area contributed by atoms with Crippen LogP contribution in [0.15, 0.2) is 61.7 Å². The van der Waals surface area contributed by atoms with Crippen LogP contribution in [0.5, 0.6) is 0 Å². The number of hydrogen-bond donors (Lipinski definition) is 3. The van der Waals surface area contributed by atoms with E-state index in [1.54, 1.807) is 24.7 Å². The summed E-state index contributed by atoms with van der Waals surface area (Å²) >= 11 is 1.08. The Morgan fingerprint density at radius 1 is 1.21 bits per heavy atom. The molecule has 0 saturated heterocycles. The molecular formula is C29H28FN7S. The van der Waals surface area contributed by atoms with Gasteiger partial charge in [-0.3, -0.25) is 10.1 Å². The van der Waals surface area contributed by atoms with Gasteiger partial charge in [-0.05, 0) is 55.2 Å². The van der Waals surface area contributed by atoms with Crippen molar-refractivity contribution in [3.63, 3.8) is 0 Å². The first-order chi connectivity index (χ1) is 18.3. The predicted octanol–water partition coefficient (Wildman–Crippen LogP) is 5.88. The lowest BCUT2D eigenvalue weighted by atomic mass is 10.1. The Kier molecular flexibility index (Phi) is 7.02. The smallest absolute Gasteiger partial charge is 0.178 e. The molecular weight excluding hydrogens is 497 g/mol. The van der Waals surface area contributed by atoms with Gasteiger partial charge in [-0.1, -0.05) is 33.1 Å². The summed E-state index contributed by atoms with van der Waals surface area (Å²) in [6.07, 6.45) is 10.0. The molecule has 5 rings (SSSR count). The first-order valence-corrected chi connectivity index (χ1v) is 13.1. The fraction of sp³-hybridized carbons (Fsp3) is 0.172. The number of nitrogens with zero attached hydrogens (tertiary/aromatic N) is 4. The van der Waals surface area contributed by atoms with Crippen molar-refractivity contribution in [1.82, 2.24) is 30.1 Å². The van der Waals surface area contributed by atoms with Gasteiger partial charge in [-0.25, -0.2) is 9.97 Å². The van der Waals surface area contributed by atoms with Crippen molar-refractivity contribution in [2.45, 2.75) is 27.2 Å². The summed E-state index contributed by atoms with van der Waals surface area (Å²) < 4.78 is 13.7. The Morgan fingerprint density at radius 3 is 2.79 bits per heavy atom. The molecule has 0 amide bonds. The van der Waals surface area contributed by atoms with Crippen LogP contribution in [0.3, 0.4) is 0 Å². The Labute approximate surface area is 223 Å². The number of thiophene rings is 1. The average Bonchev–Trinajstić information content (AvgIpc) is 3.61. The van der Waals surface area contributed by atoms with E-state index in [4.69, 9.17) is 4.98 Å². The van der Waals surface area contributed by atoms with Crippen LogP contribution < -0.4 is 15.9 Å². The second-order valence-electron chi connectivity index (χ2n) is 9.39. The maximum Gasteiger partial charge on any atom is 0.178 e. The fourth-order valence-electron chi connectivity index (χ4n) is 4.29. The van der Waals surface area contributed by atoms with Crippen LogP contribution in [-0.2, 0) is 0 Å². The van der Waals surface area contributed by atoms with Crippen molar-refractivity contribution in [3.8, 4) is 22.0 Å². The number of hydrogen-bond acceptors (Lipinski definition) is 6. The first kappa shape index (κ1) is 25.3. The standard InChI is InChI=1S/C29H28FN7S/c1-6-23-22(12-17(4)19-13-20(15-31-14-19)33-18(5)11-16(2)3)27(37-36-23)29-34-26-21(9-10-32-28(26)35-29)24-7-8-25(30)38-24/h6-10,12-16,33,36H,4-5,11H2,1-3H3,(H,32,34,35)/b22-12+,23-6+. The Hall–Kier alpha value is -4.37. The van der Waals surface area contributed by atoms with Crippen molar-refractivity contribution < 1.29 is 4.39 Å². The minimum atomic E-state index is -0.242. The molecule has 5 aromatic heterocycles. The molecule has 5 heterocycles. The maximum absolute atomic E-state index is 13.7. The zero-order valence-corrected chi connectivity index (χ0v) is 22.3. The highest BCUT2D eigenvalue weighted by atomic mass is 32.1. The quantitative estimate of drug-likeness (QED) is 0.235. The van der Waals surface area contributed by atoms with Gasteiger partial charge >= 0.3 is 0 Å².